The number of nitrogens with one attached hydrogen (secondary N) is 2. The minimum Gasteiger partial charge on any atom is -0.376 e. The summed E-state index contributed by atoms with van der Waals surface area (Å²) < 4.78 is 5.92. The van der Waals surface area contributed by atoms with E-state index in [0.29, 0.717) is 19.6 Å². The van der Waals surface area contributed by atoms with E-state index in [1.165, 1.54) is 17.1 Å². The monoisotopic (exact) mass is 444 g/mol. The third-order valence-corrected chi connectivity index (χ3v) is 4.82. The Bertz CT molecular complexity index is 501. The van der Waals surface area contributed by atoms with Gasteiger partial charge in [-0.3, -0.25) is 19.8 Å². The largest absolute Gasteiger partial charge is 0.376 e. The molecular weight excluding hydrogens is 411 g/mol. The van der Waals surface area contributed by atoms with E-state index in [4.69, 9.17) is 4.74 Å². The van der Waals surface area contributed by atoms with Crippen molar-refractivity contribution in [3.05, 3.63) is 12.2 Å². The van der Waals surface area contributed by atoms with Gasteiger partial charge in [-0.05, 0) is 34.2 Å². The van der Waals surface area contributed by atoms with Gasteiger partial charge in [-0.1, -0.05) is 13.8 Å². The fourth-order valence-corrected chi connectivity index (χ4v) is 2.51. The molecular formula is C18H33N3O4Y. The molecule has 0 fully saturated rings. The molecule has 0 aromatic carbocycles. The molecule has 0 aromatic heterocycles. The number of likely N-dealkylation sites (N-methyl/N-ethyl adjacent to an activating group) is 1. The van der Waals surface area contributed by atoms with Crippen LogP contribution < -0.4 is 10.6 Å². The smallest absolute Gasteiger partial charge is 0.253 e. The van der Waals surface area contributed by atoms with Gasteiger partial charge in [-0.2, -0.15) is 0 Å². The second-order valence-corrected chi connectivity index (χ2v) is 7.94. The first kappa shape index (κ1) is 25.8. The maximum absolute atomic E-state index is 11.7. The van der Waals surface area contributed by atoms with Crippen molar-refractivity contribution in [1.82, 2.24) is 15.5 Å². The predicted octanol–water partition coefficient (Wildman–Crippen LogP) is 0.638. The van der Waals surface area contributed by atoms with Crippen LogP contribution >= 0.6 is 0 Å². The summed E-state index contributed by atoms with van der Waals surface area (Å²) in [5.74, 6) is -0.614. The normalized spacial score (nSPS) is 17.4. The molecule has 3 N–H and O–H groups in total. The Kier molecular flexibility index (Phi) is 10.3. The van der Waals surface area contributed by atoms with Gasteiger partial charge < -0.3 is 15.2 Å². The summed E-state index contributed by atoms with van der Waals surface area (Å²) in [4.78, 5) is 24.5. The van der Waals surface area contributed by atoms with E-state index in [-0.39, 0.29) is 51.1 Å². The summed E-state index contributed by atoms with van der Waals surface area (Å²) >= 11 is 0. The van der Waals surface area contributed by atoms with Gasteiger partial charge in [-0.15, -0.1) is 0 Å². The van der Waals surface area contributed by atoms with E-state index >= 15 is 0 Å². The number of imide groups is 1. The molecule has 0 aliphatic carbocycles. The van der Waals surface area contributed by atoms with Gasteiger partial charge in [0.15, 0.2) is 0 Å². The van der Waals surface area contributed by atoms with E-state index < -0.39 is 16.7 Å². The van der Waals surface area contributed by atoms with Crippen molar-refractivity contribution < 1.29 is 52.1 Å². The zero-order chi connectivity index (χ0) is 19.3. The van der Waals surface area contributed by atoms with Gasteiger partial charge >= 0.3 is 0 Å². The number of hydrogen-bond acceptors (Lipinski definition) is 6. The second kappa shape index (κ2) is 10.4. The van der Waals surface area contributed by atoms with Crippen molar-refractivity contribution >= 4 is 11.8 Å². The standard InChI is InChI=1S/C18H33N3O4.Y/c1-16(2,18(5,24)20-11-10-19-6)9-12-25-17(3,4)13-21-14(22)7-8-15(21)23;/h7-8,19-20,24H,9-13H2,1-6H3;. The van der Waals surface area contributed by atoms with Crippen molar-refractivity contribution in [1.29, 1.82) is 0 Å². The number of amides is 2. The average molecular weight is 444 g/mol. The summed E-state index contributed by atoms with van der Waals surface area (Å²) in [5.41, 5.74) is -2.11. The third kappa shape index (κ3) is 7.45. The van der Waals surface area contributed by atoms with E-state index in [9.17, 15) is 14.7 Å². The van der Waals surface area contributed by atoms with Crippen LogP contribution in [0.15, 0.2) is 12.2 Å². The van der Waals surface area contributed by atoms with Crippen molar-refractivity contribution in [2.24, 2.45) is 5.41 Å². The van der Waals surface area contributed by atoms with Crippen molar-refractivity contribution in [3.8, 4) is 0 Å². The molecule has 26 heavy (non-hydrogen) atoms. The maximum atomic E-state index is 11.7. The average Bonchev–Trinajstić information content (AvgIpc) is 2.78. The molecule has 0 aromatic rings. The van der Waals surface area contributed by atoms with Crippen molar-refractivity contribution in [2.75, 3.05) is 33.3 Å². The summed E-state index contributed by atoms with van der Waals surface area (Å²) in [7, 11) is 1.86. The Morgan fingerprint density at radius 2 is 1.62 bits per heavy atom. The Balaban J connectivity index is 0.00000625. The van der Waals surface area contributed by atoms with Crippen LogP contribution in [0.3, 0.4) is 0 Å². The number of rotatable bonds is 11. The number of hydrogen-bond donors (Lipinski definition) is 3. The van der Waals surface area contributed by atoms with Gasteiger partial charge in [0.05, 0.1) is 12.1 Å². The van der Waals surface area contributed by atoms with Crippen LogP contribution in [-0.2, 0) is 47.0 Å². The van der Waals surface area contributed by atoms with E-state index in [2.05, 4.69) is 10.6 Å². The summed E-state index contributed by atoms with van der Waals surface area (Å²) in [6, 6.07) is 0. The maximum Gasteiger partial charge on any atom is 0.253 e. The molecule has 1 aliphatic rings. The van der Waals surface area contributed by atoms with E-state index in [0.717, 1.165) is 6.54 Å². The van der Waals surface area contributed by atoms with Crippen molar-refractivity contribution in [3.63, 3.8) is 0 Å². The Morgan fingerprint density at radius 3 is 2.12 bits per heavy atom. The van der Waals surface area contributed by atoms with Crippen LogP contribution in [-0.4, -0.2) is 66.4 Å². The van der Waals surface area contributed by atoms with E-state index in [1.807, 2.05) is 34.7 Å². The first-order valence-electron chi connectivity index (χ1n) is 8.71. The molecule has 1 atom stereocenters. The van der Waals surface area contributed by atoms with Gasteiger partial charge in [0.25, 0.3) is 11.8 Å². The predicted molar refractivity (Wildman–Crippen MR) is 96.8 cm³/mol. The van der Waals surface area contributed by atoms with Crippen LogP contribution in [0, 0.1) is 5.41 Å². The SMILES string of the molecule is CNCCNC(C)(O)C(C)(C)CCOC(C)(C)CN1C(=O)C=CC1=O.[Y]. The molecule has 0 bridgehead atoms. The first-order chi connectivity index (χ1) is 11.4. The number of carbonyl (C=O) groups excluding carboxylic acids is 2. The fraction of sp³-hybridized carbons (Fsp3) is 0.778. The number of aliphatic hydroxyl groups is 1. The fourth-order valence-electron chi connectivity index (χ4n) is 2.51. The Labute approximate surface area is 182 Å². The van der Waals surface area contributed by atoms with Crippen LogP contribution in [0.2, 0.25) is 0 Å². The van der Waals surface area contributed by atoms with Crippen molar-refractivity contribution in [2.45, 2.75) is 52.4 Å². The van der Waals surface area contributed by atoms with Gasteiger partial charge in [0, 0.05) is 70.0 Å². The molecule has 1 aliphatic heterocycles. The second-order valence-electron chi connectivity index (χ2n) is 7.94. The van der Waals surface area contributed by atoms with Gasteiger partial charge in [0.1, 0.15) is 5.72 Å². The molecule has 1 radical (unpaired) electrons. The zero-order valence-corrected chi connectivity index (χ0v) is 19.7. The van der Waals surface area contributed by atoms with Gasteiger partial charge in [0.2, 0.25) is 0 Å². The summed E-state index contributed by atoms with van der Waals surface area (Å²) in [6.07, 6.45) is 3.17. The molecule has 7 nitrogen and oxygen atoms in total. The molecule has 8 heteroatoms. The molecule has 0 saturated carbocycles. The number of nitrogens with zero attached hydrogens (tertiary/aromatic N) is 1. The molecule has 1 heterocycles. The minimum atomic E-state index is -1.04. The minimum absolute atomic E-state index is 0. The quantitative estimate of drug-likeness (QED) is 0.246. The Morgan fingerprint density at radius 1 is 1.08 bits per heavy atom. The van der Waals surface area contributed by atoms with Crippen LogP contribution in [0.25, 0.3) is 0 Å². The summed E-state index contributed by atoms with van der Waals surface area (Å²) in [5, 5.41) is 16.9. The molecule has 147 valence electrons. The van der Waals surface area contributed by atoms with Crippen LogP contribution in [0.5, 0.6) is 0 Å². The van der Waals surface area contributed by atoms with E-state index in [1.54, 1.807) is 6.92 Å². The number of carbonyl (C=O) groups is 2. The molecule has 1 unspecified atom stereocenters. The van der Waals surface area contributed by atoms with Gasteiger partial charge in [-0.25, -0.2) is 0 Å². The number of ether oxygens (including phenoxy) is 1. The third-order valence-electron chi connectivity index (χ3n) is 4.82. The van der Waals surface area contributed by atoms with Crippen LogP contribution in [0.1, 0.15) is 41.0 Å². The topological polar surface area (TPSA) is 90.9 Å². The molecule has 0 spiro atoms. The summed E-state index contributed by atoms with van der Waals surface area (Å²) in [6.45, 7) is 11.5. The molecule has 2 amide bonds. The zero-order valence-electron chi connectivity index (χ0n) is 16.9. The molecule has 0 saturated heterocycles. The molecule has 1 rings (SSSR count). The van der Waals surface area contributed by atoms with Crippen LogP contribution in [0.4, 0.5) is 0 Å². The Hall–Kier alpha value is -0.176. The first-order valence-corrected chi connectivity index (χ1v) is 8.71.